The predicted octanol–water partition coefficient (Wildman–Crippen LogP) is 3.93. The van der Waals surface area contributed by atoms with E-state index in [1.807, 2.05) is 27.7 Å². The van der Waals surface area contributed by atoms with Gasteiger partial charge in [-0.2, -0.15) is 0 Å². The first-order valence-corrected chi connectivity index (χ1v) is 12.9. The molecule has 0 aromatic carbocycles. The molecular weight excluding hydrogens is 432 g/mol. The van der Waals surface area contributed by atoms with Gasteiger partial charge >= 0.3 is 5.97 Å². The molecule has 2 amide bonds. The van der Waals surface area contributed by atoms with Crippen LogP contribution in [0.1, 0.15) is 98.8 Å². The lowest BCUT2D eigenvalue weighted by Gasteiger charge is -2.31. The van der Waals surface area contributed by atoms with Crippen LogP contribution in [-0.4, -0.2) is 41.8 Å². The Kier molecular flexibility index (Phi) is 13.5. The summed E-state index contributed by atoms with van der Waals surface area (Å²) in [7, 11) is 0. The highest BCUT2D eigenvalue weighted by Crippen LogP contribution is 2.22. The van der Waals surface area contributed by atoms with Crippen molar-refractivity contribution in [3.8, 4) is 12.3 Å². The topological polar surface area (TPSA) is 102 Å². The van der Waals surface area contributed by atoms with Crippen molar-refractivity contribution in [3.05, 3.63) is 0 Å². The maximum absolute atomic E-state index is 13.2. The van der Waals surface area contributed by atoms with Gasteiger partial charge in [-0.1, -0.05) is 66.7 Å². The zero-order valence-corrected chi connectivity index (χ0v) is 21.7. The molecule has 0 bridgehead atoms. The second kappa shape index (κ2) is 15.5. The Morgan fingerprint density at radius 1 is 0.941 bits per heavy atom. The molecule has 1 aliphatic heterocycles. The van der Waals surface area contributed by atoms with Crippen molar-refractivity contribution in [2.45, 2.75) is 117 Å². The van der Waals surface area contributed by atoms with Crippen LogP contribution in [0.3, 0.4) is 0 Å². The summed E-state index contributed by atoms with van der Waals surface area (Å²) in [6.45, 7) is 9.33. The molecule has 1 fully saturated rings. The number of nitrogens with one attached hydrogen (secondary N) is 2. The molecule has 0 radical (unpaired) electrons. The molecule has 7 heteroatoms. The minimum absolute atomic E-state index is 0.151. The van der Waals surface area contributed by atoms with Gasteiger partial charge < -0.3 is 15.4 Å². The summed E-state index contributed by atoms with van der Waals surface area (Å²) < 4.78 is 5.86. The number of carbonyl (C=O) groups excluding carboxylic acids is 4. The van der Waals surface area contributed by atoms with Crippen LogP contribution in [0, 0.1) is 30.1 Å². The van der Waals surface area contributed by atoms with Crippen molar-refractivity contribution in [2.75, 3.05) is 0 Å². The highest BCUT2D eigenvalue weighted by atomic mass is 16.5. The Balaban J connectivity index is 3.06. The number of hydrogen-bond donors (Lipinski definition) is 2. The van der Waals surface area contributed by atoms with Crippen molar-refractivity contribution in [2.24, 2.45) is 17.8 Å². The van der Waals surface area contributed by atoms with E-state index in [4.69, 9.17) is 11.2 Å². The highest BCUT2D eigenvalue weighted by Gasteiger charge is 2.37. The van der Waals surface area contributed by atoms with Crippen LogP contribution in [0.2, 0.25) is 0 Å². The maximum atomic E-state index is 13.2. The van der Waals surface area contributed by atoms with E-state index in [2.05, 4.69) is 16.6 Å². The van der Waals surface area contributed by atoms with Gasteiger partial charge in [-0.15, -0.1) is 12.3 Å². The van der Waals surface area contributed by atoms with Crippen LogP contribution in [0.15, 0.2) is 0 Å². The zero-order valence-electron chi connectivity index (χ0n) is 21.7. The maximum Gasteiger partial charge on any atom is 0.329 e. The fourth-order valence-electron chi connectivity index (χ4n) is 4.10. The van der Waals surface area contributed by atoms with Gasteiger partial charge in [0.25, 0.3) is 0 Å². The first-order chi connectivity index (χ1) is 16.2. The standard InChI is InChI=1S/C27H44N2O5/c1-7-10-11-12-13-14-15-16-22-20(6)21(30)17-23(31)28-24(18(4)8-2)26(32)29-25(19(5)9-3)27(33)34-22/h1,18-20,22,24-25H,8-17H2,2-6H3,(H,28,31)(H,29,32)/t18-,19-,20-,22-,24+,25-/m0/s1. The van der Waals surface area contributed by atoms with E-state index in [0.717, 1.165) is 38.5 Å². The van der Waals surface area contributed by atoms with E-state index < -0.39 is 41.9 Å². The van der Waals surface area contributed by atoms with Crippen LogP contribution in [0.4, 0.5) is 0 Å². The van der Waals surface area contributed by atoms with Gasteiger partial charge in [0.15, 0.2) is 0 Å². The number of rotatable bonds is 11. The smallest absolute Gasteiger partial charge is 0.329 e. The summed E-state index contributed by atoms with van der Waals surface area (Å²) in [6, 6.07) is -1.65. The number of ether oxygens (including phenoxy) is 1. The molecule has 0 aromatic heterocycles. The molecule has 1 rings (SSSR count). The Morgan fingerprint density at radius 3 is 2.15 bits per heavy atom. The average Bonchev–Trinajstić information content (AvgIpc) is 2.82. The molecule has 6 atom stereocenters. The summed E-state index contributed by atoms with van der Waals surface area (Å²) in [5, 5.41) is 5.57. The van der Waals surface area contributed by atoms with Crippen molar-refractivity contribution in [3.63, 3.8) is 0 Å². The van der Waals surface area contributed by atoms with Crippen LogP contribution >= 0.6 is 0 Å². The molecule has 0 unspecified atom stereocenters. The molecule has 34 heavy (non-hydrogen) atoms. The quantitative estimate of drug-likeness (QED) is 0.204. The Labute approximate surface area is 205 Å². The number of cyclic esters (lactones) is 1. The molecule has 0 spiro atoms. The molecule has 0 saturated carbocycles. The van der Waals surface area contributed by atoms with E-state index in [0.29, 0.717) is 19.3 Å². The average molecular weight is 477 g/mol. The van der Waals surface area contributed by atoms with Crippen LogP contribution < -0.4 is 10.6 Å². The summed E-state index contributed by atoms with van der Waals surface area (Å²) in [4.78, 5) is 51.8. The second-order valence-corrected chi connectivity index (χ2v) is 9.72. The number of hydrogen-bond acceptors (Lipinski definition) is 5. The van der Waals surface area contributed by atoms with Gasteiger partial charge in [-0.3, -0.25) is 14.4 Å². The van der Waals surface area contributed by atoms with E-state index >= 15 is 0 Å². The largest absolute Gasteiger partial charge is 0.460 e. The van der Waals surface area contributed by atoms with E-state index in [-0.39, 0.29) is 24.0 Å². The Hall–Kier alpha value is -2.36. The molecule has 1 heterocycles. The molecule has 0 aromatic rings. The SMILES string of the molecule is C#CCCCCCCC[C@@H]1OC(=O)[C@H]([C@@H](C)CC)NC(=O)[C@@H]([C@@H](C)CC)NC(=O)CC(=O)[C@@H]1C. The van der Waals surface area contributed by atoms with Crippen molar-refractivity contribution >= 4 is 23.6 Å². The van der Waals surface area contributed by atoms with Crippen LogP contribution in [-0.2, 0) is 23.9 Å². The van der Waals surface area contributed by atoms with Crippen LogP contribution in [0.5, 0.6) is 0 Å². The first kappa shape index (κ1) is 29.7. The van der Waals surface area contributed by atoms with E-state index in [1.54, 1.807) is 6.92 Å². The number of esters is 1. The summed E-state index contributed by atoms with van der Waals surface area (Å²) in [6.07, 6.45) is 11.8. The third-order valence-electron chi connectivity index (χ3n) is 7.05. The number of terminal acetylenes is 1. The third-order valence-corrected chi connectivity index (χ3v) is 7.05. The van der Waals surface area contributed by atoms with Gasteiger partial charge in [0.2, 0.25) is 11.8 Å². The van der Waals surface area contributed by atoms with E-state index in [1.165, 1.54) is 0 Å². The van der Waals surface area contributed by atoms with E-state index in [9.17, 15) is 19.2 Å². The minimum atomic E-state index is -0.839. The Morgan fingerprint density at radius 2 is 1.53 bits per heavy atom. The van der Waals surface area contributed by atoms with Gasteiger partial charge in [-0.25, -0.2) is 4.79 Å². The van der Waals surface area contributed by atoms with Crippen molar-refractivity contribution < 1.29 is 23.9 Å². The number of Topliss-reactive ketones (excluding diaryl/α,β-unsaturated/α-hetero) is 1. The fraction of sp³-hybridized carbons (Fsp3) is 0.778. The van der Waals surface area contributed by atoms with Gasteiger partial charge in [-0.05, 0) is 31.1 Å². The number of unbranched alkanes of at least 4 members (excludes halogenated alkanes) is 5. The van der Waals surface area contributed by atoms with Gasteiger partial charge in [0, 0.05) is 6.42 Å². The number of carbonyl (C=O) groups is 4. The molecule has 192 valence electrons. The molecule has 0 aliphatic carbocycles. The molecule has 1 aliphatic rings. The molecule has 2 N–H and O–H groups in total. The number of ketones is 1. The lowest BCUT2D eigenvalue weighted by atomic mass is 9.91. The van der Waals surface area contributed by atoms with Crippen LogP contribution in [0.25, 0.3) is 0 Å². The monoisotopic (exact) mass is 476 g/mol. The lowest BCUT2D eigenvalue weighted by molar-refractivity contribution is -0.159. The molecule has 7 nitrogen and oxygen atoms in total. The lowest BCUT2D eigenvalue weighted by Crippen LogP contribution is -2.57. The summed E-state index contributed by atoms with van der Waals surface area (Å²) in [5.41, 5.74) is 0. The number of amides is 2. The zero-order chi connectivity index (χ0) is 25.7. The summed E-state index contributed by atoms with van der Waals surface area (Å²) in [5.74, 6) is 0.0258. The Bertz CT molecular complexity index is 729. The molecular formula is C27H44N2O5. The van der Waals surface area contributed by atoms with Crippen molar-refractivity contribution in [1.82, 2.24) is 10.6 Å². The van der Waals surface area contributed by atoms with Gasteiger partial charge in [0.05, 0.1) is 12.3 Å². The highest BCUT2D eigenvalue weighted by molar-refractivity contribution is 6.01. The fourth-order valence-corrected chi connectivity index (χ4v) is 4.10. The summed E-state index contributed by atoms with van der Waals surface area (Å²) >= 11 is 0. The second-order valence-electron chi connectivity index (χ2n) is 9.72. The molecule has 1 saturated heterocycles. The normalized spacial score (nSPS) is 26.2. The first-order valence-electron chi connectivity index (χ1n) is 12.9. The predicted molar refractivity (Wildman–Crippen MR) is 133 cm³/mol. The van der Waals surface area contributed by atoms with Crippen molar-refractivity contribution in [1.29, 1.82) is 0 Å². The minimum Gasteiger partial charge on any atom is -0.460 e. The van der Waals surface area contributed by atoms with Gasteiger partial charge in [0.1, 0.15) is 24.0 Å². The third kappa shape index (κ3) is 9.48.